The molecule has 0 aliphatic carbocycles. The maximum Gasteiger partial charge on any atom is 0.413 e. The van der Waals surface area contributed by atoms with Crippen molar-refractivity contribution in [1.82, 2.24) is 20.4 Å². The summed E-state index contributed by atoms with van der Waals surface area (Å²) in [5.41, 5.74) is 1.06. The van der Waals surface area contributed by atoms with Gasteiger partial charge in [-0.1, -0.05) is 37.3 Å². The van der Waals surface area contributed by atoms with Gasteiger partial charge in [-0.2, -0.15) is 0 Å². The molecule has 1 aliphatic heterocycles. The number of aromatic nitrogens is 2. The summed E-state index contributed by atoms with van der Waals surface area (Å²) < 4.78 is 10.7. The van der Waals surface area contributed by atoms with Gasteiger partial charge in [-0.15, -0.1) is 10.2 Å². The molecule has 1 aromatic heterocycles. The van der Waals surface area contributed by atoms with Gasteiger partial charge in [-0.3, -0.25) is 10.2 Å². The molecule has 0 radical (unpaired) electrons. The Morgan fingerprint density at radius 2 is 2.03 bits per heavy atom. The average molecular weight is 436 g/mol. The minimum atomic E-state index is -0.772. The van der Waals surface area contributed by atoms with E-state index >= 15 is 0 Å². The number of hydrogen-bond acceptors (Lipinski definition) is 9. The lowest BCUT2D eigenvalue weighted by molar-refractivity contribution is 0.0254. The monoisotopic (exact) mass is 435 g/mol. The number of β-amino-alcohol motifs (C(OH)–C–C–N with tert-alkyl or cyclic N) is 1. The summed E-state index contributed by atoms with van der Waals surface area (Å²) in [6.45, 7) is 7.07. The molecule has 2 heterocycles. The van der Waals surface area contributed by atoms with Gasteiger partial charge in [-0.05, 0) is 37.2 Å². The van der Waals surface area contributed by atoms with Gasteiger partial charge >= 0.3 is 6.09 Å². The maximum absolute atomic E-state index is 12.4. The van der Waals surface area contributed by atoms with Gasteiger partial charge in [0.25, 0.3) is 0 Å². The molecule has 9 nitrogen and oxygen atoms in total. The molecule has 1 amide bonds. The summed E-state index contributed by atoms with van der Waals surface area (Å²) in [5.74, 6) is 0.780. The van der Waals surface area contributed by atoms with Gasteiger partial charge in [0.2, 0.25) is 5.13 Å². The average Bonchev–Trinajstić information content (AvgIpc) is 3.33. The molecule has 3 N–H and O–H groups in total. The number of carbonyl (C=O) groups is 1. The Morgan fingerprint density at radius 1 is 1.30 bits per heavy atom. The summed E-state index contributed by atoms with van der Waals surface area (Å²) in [6.07, 6.45) is -1.46. The molecular formula is C20H29N5O4S. The number of methoxy groups -OCH3 is 1. The van der Waals surface area contributed by atoms with Crippen LogP contribution in [0.2, 0.25) is 0 Å². The topological polar surface area (TPSA) is 109 Å². The quantitative estimate of drug-likeness (QED) is 0.548. The largest absolute Gasteiger partial charge is 0.497 e. The lowest BCUT2D eigenvalue weighted by Crippen LogP contribution is -2.39. The zero-order chi connectivity index (χ0) is 21.5. The first kappa shape index (κ1) is 22.4. The molecule has 0 bridgehead atoms. The highest BCUT2D eigenvalue weighted by molar-refractivity contribution is 7.15. The molecule has 30 heavy (non-hydrogen) atoms. The first-order chi connectivity index (χ1) is 14.5. The van der Waals surface area contributed by atoms with Gasteiger partial charge in [0.05, 0.1) is 19.7 Å². The number of benzene rings is 1. The van der Waals surface area contributed by atoms with Crippen molar-refractivity contribution >= 4 is 22.6 Å². The summed E-state index contributed by atoms with van der Waals surface area (Å²) in [4.78, 5) is 14.6. The Kier molecular flexibility index (Phi) is 7.97. The van der Waals surface area contributed by atoms with Crippen molar-refractivity contribution < 1.29 is 19.4 Å². The highest BCUT2D eigenvalue weighted by Gasteiger charge is 2.38. The van der Waals surface area contributed by atoms with Crippen LogP contribution < -0.4 is 15.4 Å². The molecule has 1 aliphatic rings. The minimum absolute atomic E-state index is 0.188. The molecule has 1 fully saturated rings. The van der Waals surface area contributed by atoms with E-state index < -0.39 is 18.3 Å². The van der Waals surface area contributed by atoms with Crippen LogP contribution in [0.25, 0.3) is 0 Å². The van der Waals surface area contributed by atoms with E-state index in [0.717, 1.165) is 29.4 Å². The van der Waals surface area contributed by atoms with Crippen LogP contribution in [0.3, 0.4) is 0 Å². The molecule has 3 rings (SSSR count). The van der Waals surface area contributed by atoms with E-state index in [1.54, 1.807) is 7.11 Å². The second-order valence-electron chi connectivity index (χ2n) is 7.09. The van der Waals surface area contributed by atoms with Gasteiger partial charge in [0.15, 0.2) is 0 Å². The van der Waals surface area contributed by atoms with Crippen molar-refractivity contribution in [3.63, 3.8) is 0 Å². The zero-order valence-corrected chi connectivity index (χ0v) is 18.3. The van der Waals surface area contributed by atoms with Crippen LogP contribution in [0.1, 0.15) is 24.4 Å². The summed E-state index contributed by atoms with van der Waals surface area (Å²) in [5, 5.41) is 25.5. The number of aliphatic hydroxyl groups excluding tert-OH is 1. The van der Waals surface area contributed by atoms with Crippen LogP contribution in [-0.4, -0.2) is 71.3 Å². The number of carbonyl (C=O) groups excluding carboxylic acids is 1. The fourth-order valence-electron chi connectivity index (χ4n) is 3.38. The summed E-state index contributed by atoms with van der Waals surface area (Å²) >= 11 is 1.32. The number of nitrogens with one attached hydrogen (secondary N) is 2. The third-order valence-corrected chi connectivity index (χ3v) is 5.98. The highest BCUT2D eigenvalue weighted by Crippen LogP contribution is 2.21. The SMILES string of the molecule is CCN(CC)Cc1nnc(NC(=O)O[C@@H]2[C@@H](O)CN[C@@H]2Cc2ccc(OC)cc2)s1. The molecule has 0 saturated carbocycles. The molecule has 3 atom stereocenters. The number of rotatable bonds is 9. The smallest absolute Gasteiger partial charge is 0.413 e. The van der Waals surface area contributed by atoms with Gasteiger partial charge in [0, 0.05) is 6.54 Å². The summed E-state index contributed by atoms with van der Waals surface area (Å²) in [6, 6.07) is 7.50. The number of hydrogen-bond donors (Lipinski definition) is 3. The van der Waals surface area contributed by atoms with Crippen LogP contribution >= 0.6 is 11.3 Å². The zero-order valence-electron chi connectivity index (χ0n) is 17.5. The standard InChI is InChI=1S/C20H29N5O4S/c1-4-25(5-2)12-17-23-24-19(30-17)22-20(27)29-18-15(21-11-16(18)26)10-13-6-8-14(28-3)9-7-13/h6-9,15-16,18,21,26H,4-5,10-12H2,1-3H3,(H,22,24,27)/t15-,16+,18+/m1/s1. The third kappa shape index (κ3) is 5.88. The third-order valence-electron chi connectivity index (χ3n) is 5.15. The lowest BCUT2D eigenvalue weighted by Gasteiger charge is -2.22. The van der Waals surface area contributed by atoms with Crippen molar-refractivity contribution in [1.29, 1.82) is 0 Å². The Bertz CT molecular complexity index is 812. The number of nitrogens with zero attached hydrogens (tertiary/aromatic N) is 3. The van der Waals surface area contributed by atoms with Crippen molar-refractivity contribution in [2.45, 2.75) is 45.1 Å². The van der Waals surface area contributed by atoms with E-state index in [0.29, 0.717) is 24.6 Å². The van der Waals surface area contributed by atoms with Gasteiger partial charge in [0.1, 0.15) is 23.0 Å². The molecule has 0 spiro atoms. The molecule has 0 unspecified atom stereocenters. The fraction of sp³-hybridized carbons (Fsp3) is 0.550. The Balaban J connectivity index is 1.55. The molecule has 10 heteroatoms. The van der Waals surface area contributed by atoms with Gasteiger partial charge in [-0.25, -0.2) is 4.79 Å². The number of aliphatic hydroxyl groups is 1. The van der Waals surface area contributed by atoms with E-state index in [1.807, 2.05) is 24.3 Å². The van der Waals surface area contributed by atoms with Crippen molar-refractivity contribution in [3.8, 4) is 5.75 Å². The number of ether oxygens (including phenoxy) is 2. The van der Waals surface area contributed by atoms with Crippen molar-refractivity contribution in [3.05, 3.63) is 34.8 Å². The fourth-order valence-corrected chi connectivity index (χ4v) is 4.15. The molecule has 2 aromatic rings. The van der Waals surface area contributed by atoms with E-state index in [-0.39, 0.29) is 6.04 Å². The first-order valence-electron chi connectivity index (χ1n) is 10.1. The van der Waals surface area contributed by atoms with Crippen LogP contribution in [-0.2, 0) is 17.7 Å². The highest BCUT2D eigenvalue weighted by atomic mass is 32.1. The van der Waals surface area contributed by atoms with E-state index in [2.05, 4.69) is 39.6 Å². The van der Waals surface area contributed by atoms with Crippen LogP contribution in [0, 0.1) is 0 Å². The Hall–Kier alpha value is -2.27. The predicted molar refractivity (Wildman–Crippen MR) is 115 cm³/mol. The van der Waals surface area contributed by atoms with Crippen LogP contribution in [0.4, 0.5) is 9.93 Å². The maximum atomic E-state index is 12.4. The lowest BCUT2D eigenvalue weighted by atomic mass is 10.0. The number of amides is 1. The van der Waals surface area contributed by atoms with E-state index in [9.17, 15) is 9.90 Å². The normalized spacial score (nSPS) is 21.0. The molecule has 1 saturated heterocycles. The Morgan fingerprint density at radius 3 is 2.70 bits per heavy atom. The molecule has 1 aromatic carbocycles. The van der Waals surface area contributed by atoms with Crippen molar-refractivity contribution in [2.75, 3.05) is 32.1 Å². The predicted octanol–water partition coefficient (Wildman–Crippen LogP) is 1.88. The second-order valence-corrected chi connectivity index (χ2v) is 8.15. The second kappa shape index (κ2) is 10.7. The number of anilines is 1. The van der Waals surface area contributed by atoms with Crippen molar-refractivity contribution in [2.24, 2.45) is 0 Å². The summed E-state index contributed by atoms with van der Waals surface area (Å²) in [7, 11) is 1.62. The molecule has 164 valence electrons. The van der Waals surface area contributed by atoms with Gasteiger partial charge < -0.3 is 19.9 Å². The first-order valence-corrected chi connectivity index (χ1v) is 10.9. The minimum Gasteiger partial charge on any atom is -0.497 e. The van der Waals surface area contributed by atoms with E-state index in [1.165, 1.54) is 11.3 Å². The van der Waals surface area contributed by atoms with E-state index in [4.69, 9.17) is 9.47 Å². The molecular weight excluding hydrogens is 406 g/mol. The Labute approximate surface area is 180 Å². The van der Waals surface area contributed by atoms with Crippen LogP contribution in [0.5, 0.6) is 5.75 Å². The van der Waals surface area contributed by atoms with Crippen LogP contribution in [0.15, 0.2) is 24.3 Å².